The van der Waals surface area contributed by atoms with Crippen LogP contribution in [0.1, 0.15) is 44.2 Å². The number of nitrogens with one attached hydrogen (secondary N) is 2. The number of nitrogens with zero attached hydrogens (tertiary/aromatic N) is 2. The minimum absolute atomic E-state index is 0.276. The maximum Gasteiger partial charge on any atom is 0.191 e. The van der Waals surface area contributed by atoms with E-state index in [1.54, 1.807) is 7.11 Å². The molecule has 6 heteroatoms. The van der Waals surface area contributed by atoms with Crippen molar-refractivity contribution in [3.05, 3.63) is 29.8 Å². The third-order valence-electron chi connectivity index (χ3n) is 5.00. The number of hydrogen-bond donors (Lipinski definition) is 2. The number of rotatable bonds is 10. The second-order valence-electron chi connectivity index (χ2n) is 6.88. The first-order valence-corrected chi connectivity index (χ1v) is 10.2. The third-order valence-corrected chi connectivity index (χ3v) is 5.00. The molecule has 6 nitrogen and oxygen atoms in total. The van der Waals surface area contributed by atoms with Crippen LogP contribution in [0.25, 0.3) is 0 Å². The van der Waals surface area contributed by atoms with Crippen LogP contribution in [0.3, 0.4) is 0 Å². The lowest BCUT2D eigenvalue weighted by molar-refractivity contribution is 0.0170. The lowest BCUT2D eigenvalue weighted by atomic mass is 10.0. The summed E-state index contributed by atoms with van der Waals surface area (Å²) in [5, 5.41) is 6.94. The van der Waals surface area contributed by atoms with Gasteiger partial charge in [-0.25, -0.2) is 0 Å². The Bertz CT molecular complexity index is 542. The number of methoxy groups -OCH3 is 1. The molecule has 27 heavy (non-hydrogen) atoms. The average Bonchev–Trinajstić information content (AvgIpc) is 2.73. The smallest absolute Gasteiger partial charge is 0.191 e. The summed E-state index contributed by atoms with van der Waals surface area (Å²) in [6.07, 6.45) is 5.00. The Balaban J connectivity index is 1.94. The zero-order valence-corrected chi connectivity index (χ0v) is 17.2. The third kappa shape index (κ3) is 7.39. The molecule has 1 fully saturated rings. The first-order chi connectivity index (χ1) is 13.3. The summed E-state index contributed by atoms with van der Waals surface area (Å²) in [5.41, 5.74) is 1.28. The van der Waals surface area contributed by atoms with Crippen molar-refractivity contribution in [2.45, 2.75) is 38.6 Å². The topological polar surface area (TPSA) is 58.1 Å². The molecule has 1 unspecified atom stereocenters. The maximum atomic E-state index is 5.54. The second-order valence-corrected chi connectivity index (χ2v) is 6.88. The van der Waals surface area contributed by atoms with Gasteiger partial charge in [-0.3, -0.25) is 9.89 Å². The van der Waals surface area contributed by atoms with Gasteiger partial charge in [0.25, 0.3) is 0 Å². The van der Waals surface area contributed by atoms with Gasteiger partial charge in [-0.05, 0) is 24.1 Å². The fourth-order valence-electron chi connectivity index (χ4n) is 3.35. The molecule has 152 valence electrons. The van der Waals surface area contributed by atoms with Crippen molar-refractivity contribution in [2.24, 2.45) is 4.99 Å². The first kappa shape index (κ1) is 21.5. The second kappa shape index (κ2) is 12.6. The van der Waals surface area contributed by atoms with Crippen LogP contribution in [0.5, 0.6) is 5.75 Å². The molecule has 0 amide bonds. The average molecular weight is 377 g/mol. The molecule has 0 bridgehead atoms. The van der Waals surface area contributed by atoms with Gasteiger partial charge in [-0.1, -0.05) is 38.3 Å². The lowest BCUT2D eigenvalue weighted by Gasteiger charge is -2.35. The van der Waals surface area contributed by atoms with E-state index in [2.05, 4.69) is 39.6 Å². The van der Waals surface area contributed by atoms with Crippen molar-refractivity contribution in [3.63, 3.8) is 0 Å². The molecule has 1 atom stereocenters. The standard InChI is InChI=1S/C21H36N4O2/c1-4-5-6-7-12-23-21(22-2)24-17-20(25-13-15-27-16-14-25)18-8-10-19(26-3)11-9-18/h8-11,20H,4-7,12-17H2,1-3H3,(H2,22,23,24). The van der Waals surface area contributed by atoms with Crippen LogP contribution in [0, 0.1) is 0 Å². The fourth-order valence-corrected chi connectivity index (χ4v) is 3.35. The summed E-state index contributed by atoms with van der Waals surface area (Å²) in [6.45, 7) is 7.47. The number of morpholine rings is 1. The molecule has 2 rings (SSSR count). The summed E-state index contributed by atoms with van der Waals surface area (Å²) in [5.74, 6) is 1.76. The van der Waals surface area contributed by atoms with E-state index in [1.807, 2.05) is 19.2 Å². The SMILES string of the molecule is CCCCCCNC(=NC)NCC(c1ccc(OC)cc1)N1CCOCC1. The maximum absolute atomic E-state index is 5.54. The van der Waals surface area contributed by atoms with Crippen LogP contribution in [0.4, 0.5) is 0 Å². The molecule has 0 saturated carbocycles. The van der Waals surface area contributed by atoms with E-state index >= 15 is 0 Å². The van der Waals surface area contributed by atoms with Gasteiger partial charge < -0.3 is 20.1 Å². The van der Waals surface area contributed by atoms with Gasteiger partial charge in [-0.15, -0.1) is 0 Å². The summed E-state index contributed by atoms with van der Waals surface area (Å²) >= 11 is 0. The molecule has 0 aromatic heterocycles. The van der Waals surface area contributed by atoms with Gasteiger partial charge in [-0.2, -0.15) is 0 Å². The molecule has 2 N–H and O–H groups in total. The van der Waals surface area contributed by atoms with Crippen LogP contribution in [0.2, 0.25) is 0 Å². The largest absolute Gasteiger partial charge is 0.497 e. The Morgan fingerprint density at radius 2 is 1.89 bits per heavy atom. The van der Waals surface area contributed by atoms with E-state index in [0.717, 1.165) is 51.1 Å². The molecule has 0 spiro atoms. The molecule has 1 aliphatic rings. The van der Waals surface area contributed by atoms with Gasteiger partial charge in [0.2, 0.25) is 0 Å². The van der Waals surface area contributed by atoms with Gasteiger partial charge >= 0.3 is 0 Å². The number of unbranched alkanes of at least 4 members (excludes halogenated alkanes) is 3. The summed E-state index contributed by atoms with van der Waals surface area (Å²) in [4.78, 5) is 6.85. The summed E-state index contributed by atoms with van der Waals surface area (Å²) < 4.78 is 10.8. The van der Waals surface area contributed by atoms with Crippen LogP contribution in [-0.2, 0) is 4.74 Å². The van der Waals surface area contributed by atoms with E-state index in [1.165, 1.54) is 31.2 Å². The molecule has 0 aliphatic carbocycles. The van der Waals surface area contributed by atoms with E-state index in [4.69, 9.17) is 9.47 Å². The Kier molecular flexibility index (Phi) is 10.0. The Morgan fingerprint density at radius 3 is 2.52 bits per heavy atom. The van der Waals surface area contributed by atoms with Crippen molar-refractivity contribution in [1.82, 2.24) is 15.5 Å². The van der Waals surface area contributed by atoms with Gasteiger partial charge in [0.1, 0.15) is 5.75 Å². The molecular weight excluding hydrogens is 340 g/mol. The number of benzene rings is 1. The predicted molar refractivity (Wildman–Crippen MR) is 112 cm³/mol. The highest BCUT2D eigenvalue weighted by molar-refractivity contribution is 5.79. The highest BCUT2D eigenvalue weighted by Gasteiger charge is 2.23. The van der Waals surface area contributed by atoms with Crippen LogP contribution < -0.4 is 15.4 Å². The zero-order valence-electron chi connectivity index (χ0n) is 17.2. The molecule has 1 aliphatic heterocycles. The number of ether oxygens (including phenoxy) is 2. The van der Waals surface area contributed by atoms with Crippen molar-refractivity contribution >= 4 is 5.96 Å². The van der Waals surface area contributed by atoms with Crippen molar-refractivity contribution < 1.29 is 9.47 Å². The minimum atomic E-state index is 0.276. The minimum Gasteiger partial charge on any atom is -0.497 e. The number of guanidine groups is 1. The Labute approximate surface area is 164 Å². The Morgan fingerprint density at radius 1 is 1.15 bits per heavy atom. The quantitative estimate of drug-likeness (QED) is 0.374. The monoisotopic (exact) mass is 376 g/mol. The van der Waals surface area contributed by atoms with E-state index in [0.29, 0.717) is 0 Å². The van der Waals surface area contributed by atoms with Gasteiger partial charge in [0.15, 0.2) is 5.96 Å². The van der Waals surface area contributed by atoms with Gasteiger partial charge in [0, 0.05) is 33.2 Å². The zero-order chi connectivity index (χ0) is 19.3. The van der Waals surface area contributed by atoms with Crippen molar-refractivity contribution in [3.8, 4) is 5.75 Å². The van der Waals surface area contributed by atoms with Crippen molar-refractivity contribution in [1.29, 1.82) is 0 Å². The fraction of sp³-hybridized carbons (Fsp3) is 0.667. The van der Waals surface area contributed by atoms with E-state index < -0.39 is 0 Å². The number of hydrogen-bond acceptors (Lipinski definition) is 4. The van der Waals surface area contributed by atoms with Crippen molar-refractivity contribution in [2.75, 3.05) is 53.6 Å². The van der Waals surface area contributed by atoms with Crippen LogP contribution in [0.15, 0.2) is 29.3 Å². The molecule has 1 heterocycles. The van der Waals surface area contributed by atoms with Gasteiger partial charge in [0.05, 0.1) is 26.4 Å². The van der Waals surface area contributed by atoms with E-state index in [-0.39, 0.29) is 6.04 Å². The first-order valence-electron chi connectivity index (χ1n) is 10.2. The molecule has 1 aromatic carbocycles. The lowest BCUT2D eigenvalue weighted by Crippen LogP contribution is -2.46. The van der Waals surface area contributed by atoms with Crippen LogP contribution in [-0.4, -0.2) is 64.4 Å². The predicted octanol–water partition coefficient (Wildman–Crippen LogP) is 2.81. The highest BCUT2D eigenvalue weighted by Crippen LogP contribution is 2.23. The summed E-state index contributed by atoms with van der Waals surface area (Å²) in [6, 6.07) is 8.65. The Hall–Kier alpha value is -1.79. The highest BCUT2D eigenvalue weighted by atomic mass is 16.5. The molecule has 0 radical (unpaired) electrons. The molecule has 1 aromatic rings. The molecular formula is C21H36N4O2. The number of aliphatic imine (C=N–C) groups is 1. The summed E-state index contributed by atoms with van der Waals surface area (Å²) in [7, 11) is 3.53. The van der Waals surface area contributed by atoms with Crippen LogP contribution >= 0.6 is 0 Å². The molecule has 1 saturated heterocycles. The normalized spacial score (nSPS) is 16.8. The van der Waals surface area contributed by atoms with E-state index in [9.17, 15) is 0 Å².